The van der Waals surface area contributed by atoms with Gasteiger partial charge in [0.15, 0.2) is 6.10 Å². The van der Waals surface area contributed by atoms with Crippen LogP contribution in [0.5, 0.6) is 5.75 Å². The normalized spacial score (nSPS) is 15.7. The molecule has 1 saturated heterocycles. The maximum Gasteiger partial charge on any atom is 0.263 e. The second-order valence-electron chi connectivity index (χ2n) is 6.10. The fourth-order valence-electron chi connectivity index (χ4n) is 2.94. The minimum Gasteiger partial charge on any atom is -0.480 e. The molecule has 3 rings (SSSR count). The van der Waals surface area contributed by atoms with Gasteiger partial charge in [-0.3, -0.25) is 4.79 Å². The van der Waals surface area contributed by atoms with Crippen LogP contribution in [0.15, 0.2) is 46.9 Å². The average Bonchev–Trinajstić information content (AvgIpc) is 2.64. The maximum atomic E-state index is 13.9. The highest BCUT2D eigenvalue weighted by atomic mass is 79.9. The molecule has 0 spiro atoms. The van der Waals surface area contributed by atoms with Crippen molar-refractivity contribution < 1.29 is 13.9 Å². The van der Waals surface area contributed by atoms with Crippen molar-refractivity contribution in [1.82, 2.24) is 4.90 Å². The van der Waals surface area contributed by atoms with Gasteiger partial charge in [-0.05, 0) is 53.2 Å². The molecule has 4 nitrogen and oxygen atoms in total. The first-order valence-corrected chi connectivity index (χ1v) is 9.53. The van der Waals surface area contributed by atoms with E-state index in [4.69, 9.17) is 16.3 Å². The van der Waals surface area contributed by atoms with Crippen LogP contribution in [0.4, 0.5) is 10.1 Å². The summed E-state index contributed by atoms with van der Waals surface area (Å²) in [5.41, 5.74) is 0.578. The molecule has 1 unspecified atom stereocenters. The molecule has 7 heteroatoms. The highest BCUT2D eigenvalue weighted by molar-refractivity contribution is 9.10. The first-order chi connectivity index (χ1) is 12.5. The van der Waals surface area contributed by atoms with E-state index in [-0.39, 0.29) is 11.7 Å². The Bertz CT molecular complexity index is 797. The first kappa shape index (κ1) is 19.0. The van der Waals surface area contributed by atoms with E-state index in [9.17, 15) is 9.18 Å². The topological polar surface area (TPSA) is 32.8 Å². The molecule has 2 aromatic rings. The van der Waals surface area contributed by atoms with Crippen LogP contribution in [0.1, 0.15) is 6.92 Å². The number of para-hydroxylation sites is 1. The lowest BCUT2D eigenvalue weighted by Gasteiger charge is -2.37. The zero-order valence-electron chi connectivity index (χ0n) is 14.3. The van der Waals surface area contributed by atoms with Crippen LogP contribution in [0.2, 0.25) is 5.02 Å². The van der Waals surface area contributed by atoms with Gasteiger partial charge in [0.2, 0.25) is 0 Å². The highest BCUT2D eigenvalue weighted by Crippen LogP contribution is 2.29. The molecule has 0 aliphatic carbocycles. The van der Waals surface area contributed by atoms with E-state index in [2.05, 4.69) is 15.9 Å². The van der Waals surface area contributed by atoms with E-state index in [0.29, 0.717) is 47.1 Å². The van der Waals surface area contributed by atoms with Crippen molar-refractivity contribution in [3.63, 3.8) is 0 Å². The molecule has 1 amide bonds. The molecular formula is C19H19BrClFN2O2. The lowest BCUT2D eigenvalue weighted by molar-refractivity contribution is -0.138. The van der Waals surface area contributed by atoms with E-state index < -0.39 is 6.10 Å². The lowest BCUT2D eigenvalue weighted by atomic mass is 10.2. The average molecular weight is 442 g/mol. The number of rotatable bonds is 4. The second-order valence-corrected chi connectivity index (χ2v) is 7.39. The molecule has 1 atom stereocenters. The van der Waals surface area contributed by atoms with Gasteiger partial charge in [-0.2, -0.15) is 0 Å². The maximum absolute atomic E-state index is 13.9. The Kier molecular flexibility index (Phi) is 6.04. The quantitative estimate of drug-likeness (QED) is 0.707. The van der Waals surface area contributed by atoms with E-state index in [1.807, 2.05) is 11.0 Å². The van der Waals surface area contributed by atoms with Crippen molar-refractivity contribution in [2.45, 2.75) is 13.0 Å². The van der Waals surface area contributed by atoms with Gasteiger partial charge < -0.3 is 14.5 Å². The Morgan fingerprint density at radius 1 is 1.19 bits per heavy atom. The predicted molar refractivity (Wildman–Crippen MR) is 104 cm³/mol. The van der Waals surface area contributed by atoms with E-state index >= 15 is 0 Å². The molecule has 1 heterocycles. The fraction of sp³-hybridized carbons (Fsp3) is 0.316. The molecule has 0 saturated carbocycles. The Balaban J connectivity index is 1.58. The Morgan fingerprint density at radius 2 is 1.88 bits per heavy atom. The number of amides is 1. The van der Waals surface area contributed by atoms with Crippen LogP contribution in [0.25, 0.3) is 0 Å². The van der Waals surface area contributed by atoms with Gasteiger partial charge in [0, 0.05) is 31.2 Å². The van der Waals surface area contributed by atoms with Crippen molar-refractivity contribution in [2.75, 3.05) is 31.1 Å². The number of ether oxygens (including phenoxy) is 1. The molecule has 0 bridgehead atoms. The van der Waals surface area contributed by atoms with Gasteiger partial charge in [-0.15, -0.1) is 0 Å². The summed E-state index contributed by atoms with van der Waals surface area (Å²) in [6, 6.07) is 11.9. The number of halogens is 3. The summed E-state index contributed by atoms with van der Waals surface area (Å²) in [7, 11) is 0. The van der Waals surface area contributed by atoms with Gasteiger partial charge in [-0.1, -0.05) is 23.7 Å². The Morgan fingerprint density at radius 3 is 2.54 bits per heavy atom. The number of piperazine rings is 1. The number of carbonyl (C=O) groups is 1. The van der Waals surface area contributed by atoms with Crippen LogP contribution in [0.3, 0.4) is 0 Å². The van der Waals surface area contributed by atoms with Gasteiger partial charge >= 0.3 is 0 Å². The number of nitrogens with zero attached hydrogens (tertiary/aromatic N) is 2. The molecule has 0 radical (unpaired) electrons. The smallest absolute Gasteiger partial charge is 0.263 e. The monoisotopic (exact) mass is 440 g/mol. The summed E-state index contributed by atoms with van der Waals surface area (Å²) in [5, 5.41) is 0.590. The summed E-state index contributed by atoms with van der Waals surface area (Å²) in [5.74, 6) is 0.247. The second kappa shape index (κ2) is 8.27. The van der Waals surface area contributed by atoms with Crippen molar-refractivity contribution in [2.24, 2.45) is 0 Å². The van der Waals surface area contributed by atoms with Crippen LogP contribution < -0.4 is 9.64 Å². The molecule has 1 aliphatic heterocycles. The number of hydrogen-bond donors (Lipinski definition) is 0. The lowest BCUT2D eigenvalue weighted by Crippen LogP contribution is -2.52. The van der Waals surface area contributed by atoms with E-state index in [1.165, 1.54) is 6.07 Å². The summed E-state index contributed by atoms with van der Waals surface area (Å²) in [4.78, 5) is 16.4. The Hall–Kier alpha value is -1.79. The summed E-state index contributed by atoms with van der Waals surface area (Å²) in [6.45, 7) is 3.96. The van der Waals surface area contributed by atoms with Crippen molar-refractivity contribution in [3.8, 4) is 5.75 Å². The van der Waals surface area contributed by atoms with Gasteiger partial charge in [-0.25, -0.2) is 4.39 Å². The number of anilines is 1. The van der Waals surface area contributed by atoms with Crippen LogP contribution in [0, 0.1) is 5.82 Å². The minimum absolute atomic E-state index is 0.0833. The minimum atomic E-state index is -0.618. The predicted octanol–water partition coefficient (Wildman–Crippen LogP) is 4.36. The van der Waals surface area contributed by atoms with Gasteiger partial charge in [0.1, 0.15) is 11.6 Å². The number of hydrogen-bond acceptors (Lipinski definition) is 3. The van der Waals surface area contributed by atoms with Gasteiger partial charge in [0.25, 0.3) is 5.91 Å². The molecule has 0 N–H and O–H groups in total. The molecule has 0 aromatic heterocycles. The van der Waals surface area contributed by atoms with E-state index in [1.54, 1.807) is 42.2 Å². The van der Waals surface area contributed by atoms with Gasteiger partial charge in [0.05, 0.1) is 10.2 Å². The third kappa shape index (κ3) is 4.30. The molecule has 1 aliphatic rings. The third-order valence-electron chi connectivity index (χ3n) is 4.33. The SMILES string of the molecule is CC(Oc1ccc(Cl)cc1Br)C(=O)N1CCN(c2ccccc2F)CC1. The standard InChI is InChI=1S/C19H19BrClFN2O2/c1-13(26-18-7-6-14(21)12-15(18)20)19(25)24-10-8-23(9-11-24)17-5-3-2-4-16(17)22/h2-7,12-13H,8-11H2,1H3. The molecule has 138 valence electrons. The van der Waals surface area contributed by atoms with Crippen molar-refractivity contribution in [3.05, 3.63) is 57.8 Å². The molecular weight excluding hydrogens is 423 g/mol. The molecule has 1 fully saturated rings. The first-order valence-electron chi connectivity index (χ1n) is 8.35. The summed E-state index contributed by atoms with van der Waals surface area (Å²) in [6.07, 6.45) is -0.618. The van der Waals surface area contributed by atoms with Crippen molar-refractivity contribution in [1.29, 1.82) is 0 Å². The summed E-state index contributed by atoms with van der Waals surface area (Å²) < 4.78 is 20.4. The fourth-order valence-corrected chi connectivity index (χ4v) is 3.72. The summed E-state index contributed by atoms with van der Waals surface area (Å²) >= 11 is 9.31. The van der Waals surface area contributed by atoms with Crippen LogP contribution in [-0.4, -0.2) is 43.1 Å². The number of benzene rings is 2. The largest absolute Gasteiger partial charge is 0.480 e. The zero-order chi connectivity index (χ0) is 18.7. The third-order valence-corrected chi connectivity index (χ3v) is 5.18. The Labute approximate surface area is 165 Å². The highest BCUT2D eigenvalue weighted by Gasteiger charge is 2.27. The molecule has 26 heavy (non-hydrogen) atoms. The van der Waals surface area contributed by atoms with E-state index in [0.717, 1.165) is 0 Å². The van der Waals surface area contributed by atoms with Crippen molar-refractivity contribution >= 4 is 39.1 Å². The zero-order valence-corrected chi connectivity index (χ0v) is 16.6. The number of carbonyl (C=O) groups excluding carboxylic acids is 1. The van der Waals surface area contributed by atoms with Crippen LogP contribution >= 0.6 is 27.5 Å². The van der Waals surface area contributed by atoms with Crippen LogP contribution in [-0.2, 0) is 4.79 Å². The molecule has 2 aromatic carbocycles.